The first-order valence-electron chi connectivity index (χ1n) is 6.75. The van der Waals surface area contributed by atoms with Gasteiger partial charge in [-0.25, -0.2) is 4.39 Å². The van der Waals surface area contributed by atoms with Crippen LogP contribution in [-0.4, -0.2) is 13.1 Å². The van der Waals surface area contributed by atoms with Gasteiger partial charge < -0.3 is 5.32 Å². The Hall–Kier alpha value is -2.11. The molecule has 2 rings (SSSR count). The molecule has 0 atom stereocenters. The summed E-state index contributed by atoms with van der Waals surface area (Å²) >= 11 is 0. The Bertz CT molecular complexity index is 608. The summed E-state index contributed by atoms with van der Waals surface area (Å²) in [6.07, 6.45) is 0.888. The molecule has 1 N–H and O–H groups in total. The van der Waals surface area contributed by atoms with Crippen LogP contribution < -0.4 is 5.32 Å². The van der Waals surface area contributed by atoms with Gasteiger partial charge in [-0.3, -0.25) is 0 Å². The first-order chi connectivity index (χ1) is 9.75. The van der Waals surface area contributed by atoms with Crippen LogP contribution in [0.25, 0.3) is 0 Å². The van der Waals surface area contributed by atoms with Gasteiger partial charge in [-0.05, 0) is 48.7 Å². The van der Waals surface area contributed by atoms with Crippen molar-refractivity contribution in [2.75, 3.05) is 13.1 Å². The normalized spacial score (nSPS) is 9.90. The molecule has 0 heterocycles. The lowest BCUT2D eigenvalue weighted by molar-refractivity contribution is 0.625. The molecule has 2 aromatic rings. The second-order valence-corrected chi connectivity index (χ2v) is 4.67. The third kappa shape index (κ3) is 4.53. The van der Waals surface area contributed by atoms with Crippen molar-refractivity contribution in [3.63, 3.8) is 0 Å². The van der Waals surface area contributed by atoms with Crippen molar-refractivity contribution in [2.45, 2.75) is 13.3 Å². The molecule has 0 saturated heterocycles. The van der Waals surface area contributed by atoms with Gasteiger partial charge in [0.15, 0.2) is 0 Å². The van der Waals surface area contributed by atoms with E-state index in [1.165, 1.54) is 11.6 Å². The largest absolute Gasteiger partial charge is 0.306 e. The minimum atomic E-state index is -0.173. The molecule has 0 unspecified atom stereocenters. The van der Waals surface area contributed by atoms with E-state index in [9.17, 15) is 4.39 Å². The minimum Gasteiger partial charge on any atom is -0.306 e. The van der Waals surface area contributed by atoms with Gasteiger partial charge in [-0.2, -0.15) is 0 Å². The van der Waals surface area contributed by atoms with Crippen LogP contribution in [0.3, 0.4) is 0 Å². The number of nitrogens with one attached hydrogen (secondary N) is 1. The molecule has 0 radical (unpaired) electrons. The summed E-state index contributed by atoms with van der Waals surface area (Å²) in [6.45, 7) is 3.44. The third-order valence-corrected chi connectivity index (χ3v) is 3.10. The van der Waals surface area contributed by atoms with Crippen molar-refractivity contribution in [1.82, 2.24) is 5.32 Å². The van der Waals surface area contributed by atoms with Gasteiger partial charge in [-0.1, -0.05) is 36.1 Å². The molecule has 0 aliphatic heterocycles. The number of halogens is 1. The Morgan fingerprint density at radius 2 is 1.90 bits per heavy atom. The molecule has 0 bridgehead atoms. The Morgan fingerprint density at radius 3 is 2.65 bits per heavy atom. The van der Waals surface area contributed by atoms with Crippen LogP contribution in [0.4, 0.5) is 4.39 Å². The van der Waals surface area contributed by atoms with E-state index in [4.69, 9.17) is 0 Å². The van der Waals surface area contributed by atoms with Crippen LogP contribution in [0.2, 0.25) is 0 Å². The maximum Gasteiger partial charge on any atom is 0.123 e. The van der Waals surface area contributed by atoms with E-state index in [1.807, 2.05) is 43.3 Å². The highest BCUT2D eigenvalue weighted by molar-refractivity contribution is 5.33. The first-order valence-corrected chi connectivity index (χ1v) is 6.75. The molecule has 0 fully saturated rings. The van der Waals surface area contributed by atoms with E-state index in [2.05, 4.69) is 17.2 Å². The maximum atomic E-state index is 13.0. The Morgan fingerprint density at radius 1 is 1.10 bits per heavy atom. The molecule has 0 aliphatic carbocycles. The molecule has 0 aromatic heterocycles. The van der Waals surface area contributed by atoms with Crippen molar-refractivity contribution in [2.24, 2.45) is 0 Å². The Kier molecular flexibility index (Phi) is 5.34. The molecule has 0 spiro atoms. The minimum absolute atomic E-state index is 0.173. The highest BCUT2D eigenvalue weighted by atomic mass is 19.1. The Balaban J connectivity index is 1.73. The van der Waals surface area contributed by atoms with Gasteiger partial charge in [0.2, 0.25) is 0 Å². The highest BCUT2D eigenvalue weighted by Crippen LogP contribution is 2.10. The zero-order valence-electron chi connectivity index (χ0n) is 11.6. The van der Waals surface area contributed by atoms with E-state index in [0.29, 0.717) is 6.54 Å². The summed E-state index contributed by atoms with van der Waals surface area (Å²) in [5.74, 6) is 6.02. The Labute approximate surface area is 119 Å². The van der Waals surface area contributed by atoms with E-state index < -0.39 is 0 Å². The molecule has 0 amide bonds. The van der Waals surface area contributed by atoms with Gasteiger partial charge >= 0.3 is 0 Å². The van der Waals surface area contributed by atoms with Crippen LogP contribution in [-0.2, 0) is 6.42 Å². The number of aryl methyl sites for hydroxylation is 1. The van der Waals surface area contributed by atoms with Crippen LogP contribution in [0, 0.1) is 24.6 Å². The average Bonchev–Trinajstić information content (AvgIpc) is 2.46. The fourth-order valence-electron chi connectivity index (χ4n) is 1.98. The lowest BCUT2D eigenvalue weighted by Crippen LogP contribution is -2.17. The summed E-state index contributed by atoms with van der Waals surface area (Å²) in [7, 11) is 0. The molecule has 102 valence electrons. The van der Waals surface area contributed by atoms with Crippen molar-refractivity contribution in [3.05, 3.63) is 71.0 Å². The van der Waals surface area contributed by atoms with Crippen LogP contribution >= 0.6 is 0 Å². The number of hydrogen-bond donors (Lipinski definition) is 1. The zero-order chi connectivity index (χ0) is 14.2. The number of benzene rings is 2. The molecule has 1 nitrogen and oxygen atoms in total. The molecule has 20 heavy (non-hydrogen) atoms. The molecule has 2 aromatic carbocycles. The lowest BCUT2D eigenvalue weighted by atomic mass is 10.1. The summed E-state index contributed by atoms with van der Waals surface area (Å²) in [6, 6.07) is 14.9. The highest BCUT2D eigenvalue weighted by Gasteiger charge is 1.99. The van der Waals surface area contributed by atoms with Crippen LogP contribution in [0.15, 0.2) is 48.5 Å². The first kappa shape index (κ1) is 14.3. The van der Waals surface area contributed by atoms with Crippen molar-refractivity contribution in [3.8, 4) is 11.8 Å². The van der Waals surface area contributed by atoms with Crippen molar-refractivity contribution >= 4 is 0 Å². The second kappa shape index (κ2) is 7.47. The standard InChI is InChI=1S/C18H18FN/c1-15-14-18(19)10-9-17(15)11-13-20-12-5-8-16-6-3-2-4-7-16/h2-4,6-7,9-10,14,20H,11-13H2,1H3. The lowest BCUT2D eigenvalue weighted by Gasteiger charge is -2.05. The molecule has 2 heteroatoms. The quantitative estimate of drug-likeness (QED) is 0.662. The van der Waals surface area contributed by atoms with E-state index in [1.54, 1.807) is 6.07 Å². The van der Waals surface area contributed by atoms with Gasteiger partial charge in [0.1, 0.15) is 5.82 Å². The molecular weight excluding hydrogens is 249 g/mol. The summed E-state index contributed by atoms with van der Waals surface area (Å²) < 4.78 is 13.0. The molecule has 0 aliphatic rings. The number of rotatable bonds is 4. The van der Waals surface area contributed by atoms with Gasteiger partial charge in [0.05, 0.1) is 6.54 Å². The number of hydrogen-bond acceptors (Lipinski definition) is 1. The van der Waals surface area contributed by atoms with E-state index in [-0.39, 0.29) is 5.82 Å². The summed E-state index contributed by atoms with van der Waals surface area (Å²) in [5, 5.41) is 3.28. The average molecular weight is 267 g/mol. The summed E-state index contributed by atoms with van der Waals surface area (Å²) in [4.78, 5) is 0. The zero-order valence-corrected chi connectivity index (χ0v) is 11.6. The third-order valence-electron chi connectivity index (χ3n) is 3.10. The van der Waals surface area contributed by atoms with E-state index >= 15 is 0 Å². The predicted octanol–water partition coefficient (Wildman–Crippen LogP) is 3.32. The van der Waals surface area contributed by atoms with Crippen molar-refractivity contribution < 1.29 is 4.39 Å². The topological polar surface area (TPSA) is 12.0 Å². The molecule has 0 saturated carbocycles. The van der Waals surface area contributed by atoms with Gasteiger partial charge in [0, 0.05) is 12.1 Å². The maximum absolute atomic E-state index is 13.0. The van der Waals surface area contributed by atoms with Crippen molar-refractivity contribution in [1.29, 1.82) is 0 Å². The predicted molar refractivity (Wildman–Crippen MR) is 81.0 cm³/mol. The van der Waals surface area contributed by atoms with Crippen LogP contribution in [0.5, 0.6) is 0 Å². The fraction of sp³-hybridized carbons (Fsp3) is 0.222. The fourth-order valence-corrected chi connectivity index (χ4v) is 1.98. The molecular formula is C18H18FN. The second-order valence-electron chi connectivity index (χ2n) is 4.67. The smallest absolute Gasteiger partial charge is 0.123 e. The van der Waals surface area contributed by atoms with Crippen LogP contribution in [0.1, 0.15) is 16.7 Å². The monoisotopic (exact) mass is 267 g/mol. The van der Waals surface area contributed by atoms with Gasteiger partial charge in [0.25, 0.3) is 0 Å². The van der Waals surface area contributed by atoms with Gasteiger partial charge in [-0.15, -0.1) is 0 Å². The van der Waals surface area contributed by atoms with E-state index in [0.717, 1.165) is 24.1 Å². The summed E-state index contributed by atoms with van der Waals surface area (Å²) in [5.41, 5.74) is 3.21. The SMILES string of the molecule is Cc1cc(F)ccc1CCNCC#Cc1ccccc1.